The molecule has 2 aromatic rings. The number of β-amino-alcohol motifs (C(OH)–C–C–N with tert-alkyl or cyclic N) is 1. The molecule has 0 amide bonds. The number of benzene rings is 2. The molecule has 0 saturated carbocycles. The van der Waals surface area contributed by atoms with Gasteiger partial charge in [-0.15, -0.1) is 12.4 Å². The summed E-state index contributed by atoms with van der Waals surface area (Å²) in [5, 5.41) is 10.3. The standard InChI is InChI=1S/C21H27NO3.ClH/c1-16-12-22(13-17(2)25-16)14-20(23)15-24-21-10-8-19(9-11-21)18-6-4-3-5-7-18;/h3-11,16-17,20,23H,12-15H2,1-2H3;1H. The van der Waals surface area contributed by atoms with Crippen LogP contribution in [0.3, 0.4) is 0 Å². The zero-order valence-electron chi connectivity index (χ0n) is 15.4. The molecule has 1 aliphatic rings. The quantitative estimate of drug-likeness (QED) is 0.834. The van der Waals surface area contributed by atoms with Crippen LogP contribution < -0.4 is 4.74 Å². The largest absolute Gasteiger partial charge is 0.491 e. The van der Waals surface area contributed by atoms with Crippen molar-refractivity contribution in [2.75, 3.05) is 26.2 Å². The fourth-order valence-corrected chi connectivity index (χ4v) is 3.35. The second-order valence-electron chi connectivity index (χ2n) is 6.83. The Bertz CT molecular complexity index is 640. The molecule has 3 atom stereocenters. The number of rotatable bonds is 6. The Morgan fingerprint density at radius 1 is 1.00 bits per heavy atom. The van der Waals surface area contributed by atoms with Gasteiger partial charge in [-0.2, -0.15) is 0 Å². The van der Waals surface area contributed by atoms with E-state index in [-0.39, 0.29) is 24.6 Å². The zero-order valence-corrected chi connectivity index (χ0v) is 16.2. The summed E-state index contributed by atoms with van der Waals surface area (Å²) in [7, 11) is 0. The van der Waals surface area contributed by atoms with Crippen molar-refractivity contribution in [1.29, 1.82) is 0 Å². The molecule has 0 aliphatic carbocycles. The van der Waals surface area contributed by atoms with E-state index in [1.165, 1.54) is 5.56 Å². The summed E-state index contributed by atoms with van der Waals surface area (Å²) in [4.78, 5) is 2.24. The number of ether oxygens (including phenoxy) is 2. The summed E-state index contributed by atoms with van der Waals surface area (Å²) in [6.07, 6.45) is -0.0869. The van der Waals surface area contributed by atoms with Crippen molar-refractivity contribution in [2.45, 2.75) is 32.2 Å². The highest BCUT2D eigenvalue weighted by Gasteiger charge is 2.23. The van der Waals surface area contributed by atoms with E-state index in [0.29, 0.717) is 13.2 Å². The summed E-state index contributed by atoms with van der Waals surface area (Å²) in [5.74, 6) is 0.780. The van der Waals surface area contributed by atoms with E-state index in [4.69, 9.17) is 9.47 Å². The molecule has 0 bridgehead atoms. The molecule has 4 nitrogen and oxygen atoms in total. The highest BCUT2D eigenvalue weighted by molar-refractivity contribution is 5.85. The molecule has 1 heterocycles. The summed E-state index contributed by atoms with van der Waals surface area (Å²) in [5.41, 5.74) is 2.34. The first-order chi connectivity index (χ1) is 12.1. The van der Waals surface area contributed by atoms with Gasteiger partial charge < -0.3 is 14.6 Å². The Hall–Kier alpha value is -1.59. The Kier molecular flexibility index (Phi) is 7.91. The van der Waals surface area contributed by atoms with Gasteiger partial charge in [-0.1, -0.05) is 42.5 Å². The van der Waals surface area contributed by atoms with E-state index in [1.54, 1.807) is 0 Å². The second-order valence-corrected chi connectivity index (χ2v) is 6.83. The maximum absolute atomic E-state index is 10.3. The third-order valence-corrected chi connectivity index (χ3v) is 4.37. The minimum absolute atomic E-state index is 0. The number of nitrogens with zero attached hydrogens (tertiary/aromatic N) is 1. The van der Waals surface area contributed by atoms with Gasteiger partial charge in [0.2, 0.25) is 0 Å². The Morgan fingerprint density at radius 2 is 1.58 bits per heavy atom. The lowest BCUT2D eigenvalue weighted by atomic mass is 10.1. The van der Waals surface area contributed by atoms with Gasteiger partial charge in [-0.3, -0.25) is 4.90 Å². The van der Waals surface area contributed by atoms with Crippen molar-refractivity contribution in [3.63, 3.8) is 0 Å². The fourth-order valence-electron chi connectivity index (χ4n) is 3.35. The predicted molar refractivity (Wildman–Crippen MR) is 107 cm³/mol. The van der Waals surface area contributed by atoms with Crippen molar-refractivity contribution in [3.8, 4) is 16.9 Å². The number of morpholine rings is 1. The van der Waals surface area contributed by atoms with Gasteiger partial charge in [-0.25, -0.2) is 0 Å². The van der Waals surface area contributed by atoms with Gasteiger partial charge in [0.25, 0.3) is 0 Å². The topological polar surface area (TPSA) is 41.9 Å². The van der Waals surface area contributed by atoms with E-state index in [2.05, 4.69) is 30.9 Å². The van der Waals surface area contributed by atoms with E-state index < -0.39 is 6.10 Å². The van der Waals surface area contributed by atoms with Gasteiger partial charge >= 0.3 is 0 Å². The molecule has 3 rings (SSSR count). The lowest BCUT2D eigenvalue weighted by Crippen LogP contribution is -2.48. The van der Waals surface area contributed by atoms with E-state index in [0.717, 1.165) is 24.4 Å². The van der Waals surface area contributed by atoms with Gasteiger partial charge in [0, 0.05) is 19.6 Å². The first-order valence-corrected chi connectivity index (χ1v) is 8.94. The third-order valence-electron chi connectivity index (χ3n) is 4.37. The van der Waals surface area contributed by atoms with Crippen LogP contribution in [-0.4, -0.2) is 54.6 Å². The molecule has 1 saturated heterocycles. The lowest BCUT2D eigenvalue weighted by molar-refractivity contribution is -0.0786. The first kappa shape index (κ1) is 20.7. The van der Waals surface area contributed by atoms with Crippen LogP contribution in [0.1, 0.15) is 13.8 Å². The van der Waals surface area contributed by atoms with Gasteiger partial charge in [-0.05, 0) is 37.1 Å². The molecule has 1 fully saturated rings. The molecule has 3 unspecified atom stereocenters. The Morgan fingerprint density at radius 3 is 2.19 bits per heavy atom. The summed E-state index contributed by atoms with van der Waals surface area (Å²) in [6.45, 7) is 6.75. The van der Waals surface area contributed by atoms with Crippen LogP contribution in [0, 0.1) is 0 Å². The fraction of sp³-hybridized carbons (Fsp3) is 0.429. The Balaban J connectivity index is 0.00000243. The van der Waals surface area contributed by atoms with Crippen LogP contribution in [0.5, 0.6) is 5.75 Å². The molecule has 2 aromatic carbocycles. The highest BCUT2D eigenvalue weighted by atomic mass is 35.5. The normalized spacial score (nSPS) is 21.7. The minimum Gasteiger partial charge on any atom is -0.491 e. The molecule has 142 valence electrons. The Labute approximate surface area is 162 Å². The minimum atomic E-state index is -0.508. The molecular weight excluding hydrogens is 350 g/mol. The number of aliphatic hydroxyl groups excluding tert-OH is 1. The number of hydrogen-bond acceptors (Lipinski definition) is 4. The van der Waals surface area contributed by atoms with Crippen molar-refractivity contribution in [2.24, 2.45) is 0 Å². The first-order valence-electron chi connectivity index (χ1n) is 8.94. The average molecular weight is 378 g/mol. The molecule has 1 aliphatic heterocycles. The van der Waals surface area contributed by atoms with Crippen molar-refractivity contribution in [3.05, 3.63) is 54.6 Å². The molecule has 1 N–H and O–H groups in total. The van der Waals surface area contributed by atoms with Crippen LogP contribution in [0.2, 0.25) is 0 Å². The molecule has 5 heteroatoms. The lowest BCUT2D eigenvalue weighted by Gasteiger charge is -2.36. The smallest absolute Gasteiger partial charge is 0.119 e. The van der Waals surface area contributed by atoms with Gasteiger partial charge in [0.15, 0.2) is 0 Å². The van der Waals surface area contributed by atoms with Crippen LogP contribution in [0.15, 0.2) is 54.6 Å². The van der Waals surface area contributed by atoms with E-state index in [1.807, 2.05) is 42.5 Å². The molecule has 0 spiro atoms. The molecular formula is C21H28ClNO3. The van der Waals surface area contributed by atoms with Crippen molar-refractivity contribution in [1.82, 2.24) is 4.90 Å². The predicted octanol–water partition coefficient (Wildman–Crippen LogP) is 3.62. The maximum Gasteiger partial charge on any atom is 0.119 e. The third kappa shape index (κ3) is 5.99. The van der Waals surface area contributed by atoms with Gasteiger partial charge in [0.1, 0.15) is 18.5 Å². The van der Waals surface area contributed by atoms with Crippen LogP contribution in [0.4, 0.5) is 0 Å². The van der Waals surface area contributed by atoms with Crippen LogP contribution in [-0.2, 0) is 4.74 Å². The van der Waals surface area contributed by atoms with Crippen molar-refractivity contribution >= 4 is 12.4 Å². The number of hydrogen-bond donors (Lipinski definition) is 1. The van der Waals surface area contributed by atoms with Crippen molar-refractivity contribution < 1.29 is 14.6 Å². The highest BCUT2D eigenvalue weighted by Crippen LogP contribution is 2.22. The SMILES string of the molecule is CC1CN(CC(O)COc2ccc(-c3ccccc3)cc2)CC(C)O1.Cl. The van der Waals surface area contributed by atoms with E-state index >= 15 is 0 Å². The molecule has 26 heavy (non-hydrogen) atoms. The van der Waals surface area contributed by atoms with Crippen LogP contribution in [0.25, 0.3) is 11.1 Å². The maximum atomic E-state index is 10.3. The summed E-state index contributed by atoms with van der Waals surface area (Å²) < 4.78 is 11.5. The molecule has 0 aromatic heterocycles. The number of aliphatic hydroxyl groups is 1. The molecule has 0 radical (unpaired) electrons. The summed E-state index contributed by atoms with van der Waals surface area (Å²) in [6, 6.07) is 18.2. The van der Waals surface area contributed by atoms with Gasteiger partial charge in [0.05, 0.1) is 12.2 Å². The average Bonchev–Trinajstić information content (AvgIpc) is 2.60. The van der Waals surface area contributed by atoms with E-state index in [9.17, 15) is 5.11 Å². The monoisotopic (exact) mass is 377 g/mol. The van der Waals surface area contributed by atoms with Crippen LogP contribution >= 0.6 is 12.4 Å². The second kappa shape index (κ2) is 9.93. The number of halogens is 1. The summed E-state index contributed by atoms with van der Waals surface area (Å²) >= 11 is 0. The zero-order chi connectivity index (χ0) is 17.6.